The van der Waals surface area contributed by atoms with E-state index in [0.29, 0.717) is 0 Å². The monoisotopic (exact) mass is 242 g/mol. The van der Waals surface area contributed by atoms with Crippen LogP contribution in [0.15, 0.2) is 35.8 Å². The average molecular weight is 242 g/mol. The topological polar surface area (TPSA) is 17.8 Å². The molecule has 2 aromatic heterocycles. The Bertz CT molecular complexity index is 664. The van der Waals surface area contributed by atoms with Gasteiger partial charge in [0.2, 0.25) is 0 Å². The highest BCUT2D eigenvalue weighted by Gasteiger charge is 2.04. The number of thiazole rings is 1. The lowest BCUT2D eigenvalue weighted by molar-refractivity contribution is 0.824. The van der Waals surface area contributed by atoms with Crippen LogP contribution in [0, 0.1) is 13.8 Å². The molecule has 0 fully saturated rings. The first kappa shape index (κ1) is 10.5. The summed E-state index contributed by atoms with van der Waals surface area (Å²) in [6.45, 7) is 5.04. The highest BCUT2D eigenvalue weighted by Crippen LogP contribution is 2.19. The lowest BCUT2D eigenvalue weighted by atomic mass is 10.2. The van der Waals surface area contributed by atoms with Crippen LogP contribution < -0.4 is 0 Å². The number of benzene rings is 1. The largest absolute Gasteiger partial charge is 0.341 e. The number of nitrogens with zero attached hydrogens (tertiary/aromatic N) is 2. The summed E-state index contributed by atoms with van der Waals surface area (Å²) >= 11 is 1.73. The minimum Gasteiger partial charge on any atom is -0.341 e. The van der Waals surface area contributed by atoms with Gasteiger partial charge in [0.1, 0.15) is 5.01 Å². The van der Waals surface area contributed by atoms with Crippen LogP contribution in [-0.2, 0) is 6.54 Å². The molecule has 0 saturated heterocycles. The maximum Gasteiger partial charge on any atom is 0.113 e. The number of fused-ring (bicyclic) bond motifs is 1. The summed E-state index contributed by atoms with van der Waals surface area (Å²) < 4.78 is 2.26. The van der Waals surface area contributed by atoms with Crippen molar-refractivity contribution in [3.8, 4) is 0 Å². The van der Waals surface area contributed by atoms with E-state index >= 15 is 0 Å². The molecule has 3 heteroatoms. The second-order valence-electron chi connectivity index (χ2n) is 4.39. The van der Waals surface area contributed by atoms with E-state index in [1.165, 1.54) is 21.5 Å². The summed E-state index contributed by atoms with van der Waals surface area (Å²) in [6, 6.07) is 8.72. The molecule has 0 unspecified atom stereocenters. The highest BCUT2D eigenvalue weighted by atomic mass is 32.1. The van der Waals surface area contributed by atoms with E-state index in [1.54, 1.807) is 11.3 Å². The van der Waals surface area contributed by atoms with Gasteiger partial charge >= 0.3 is 0 Å². The van der Waals surface area contributed by atoms with Gasteiger partial charge in [0, 0.05) is 22.8 Å². The van der Waals surface area contributed by atoms with E-state index in [-0.39, 0.29) is 0 Å². The summed E-state index contributed by atoms with van der Waals surface area (Å²) in [5.41, 5.74) is 3.70. The number of rotatable bonds is 2. The third-order valence-corrected chi connectivity index (χ3v) is 3.85. The minimum absolute atomic E-state index is 0.867. The van der Waals surface area contributed by atoms with Crippen molar-refractivity contribution < 1.29 is 0 Å². The van der Waals surface area contributed by atoms with Crippen LogP contribution in [0.5, 0.6) is 0 Å². The Balaban J connectivity index is 2.03. The summed E-state index contributed by atoms with van der Waals surface area (Å²) in [6.07, 6.45) is 2.14. The molecule has 0 aliphatic rings. The maximum absolute atomic E-state index is 4.51. The Morgan fingerprint density at radius 2 is 2.12 bits per heavy atom. The second kappa shape index (κ2) is 4.00. The fraction of sp³-hybridized carbons (Fsp3) is 0.214. The van der Waals surface area contributed by atoms with Crippen molar-refractivity contribution in [2.45, 2.75) is 20.4 Å². The first-order valence-electron chi connectivity index (χ1n) is 5.69. The van der Waals surface area contributed by atoms with E-state index in [0.717, 1.165) is 12.2 Å². The van der Waals surface area contributed by atoms with E-state index in [9.17, 15) is 0 Å². The first-order valence-corrected chi connectivity index (χ1v) is 6.57. The molecule has 0 bridgehead atoms. The second-order valence-corrected chi connectivity index (χ2v) is 5.33. The average Bonchev–Trinajstić information content (AvgIpc) is 2.87. The van der Waals surface area contributed by atoms with Gasteiger partial charge in [-0.2, -0.15) is 0 Å². The molecule has 0 amide bonds. The molecule has 0 aliphatic carbocycles. The standard InChI is InChI=1S/C14H14N2S/c1-10-3-4-12-5-6-16(13(12)7-10)8-14-15-11(2)9-17-14/h3-7,9H,8H2,1-2H3. The quantitative estimate of drug-likeness (QED) is 0.669. The Morgan fingerprint density at radius 3 is 2.88 bits per heavy atom. The molecule has 0 atom stereocenters. The molecule has 0 aliphatic heterocycles. The molecule has 0 saturated carbocycles. The summed E-state index contributed by atoms with van der Waals surface area (Å²) in [4.78, 5) is 4.51. The molecule has 3 aromatic rings. The van der Waals surface area contributed by atoms with Crippen molar-refractivity contribution in [2.24, 2.45) is 0 Å². The Kier molecular flexibility index (Phi) is 2.48. The molecule has 0 N–H and O–H groups in total. The van der Waals surface area contributed by atoms with E-state index in [1.807, 2.05) is 6.92 Å². The summed E-state index contributed by atoms with van der Waals surface area (Å²) in [5, 5.41) is 4.57. The summed E-state index contributed by atoms with van der Waals surface area (Å²) in [5.74, 6) is 0. The maximum atomic E-state index is 4.51. The lowest BCUT2D eigenvalue weighted by Gasteiger charge is -2.03. The zero-order valence-electron chi connectivity index (χ0n) is 9.97. The number of aromatic nitrogens is 2. The fourth-order valence-corrected chi connectivity index (χ4v) is 2.82. The van der Waals surface area contributed by atoms with Crippen LogP contribution in [0.4, 0.5) is 0 Å². The predicted octanol–water partition coefficient (Wildman–Crippen LogP) is 3.76. The van der Waals surface area contributed by atoms with Gasteiger partial charge in [0.25, 0.3) is 0 Å². The van der Waals surface area contributed by atoms with E-state index < -0.39 is 0 Å². The number of hydrogen-bond acceptors (Lipinski definition) is 2. The van der Waals surface area contributed by atoms with Gasteiger partial charge in [-0.15, -0.1) is 11.3 Å². The first-order chi connectivity index (χ1) is 8.22. The molecule has 0 spiro atoms. The lowest BCUT2D eigenvalue weighted by Crippen LogP contribution is -1.97. The molecule has 86 valence electrons. The molecule has 2 nitrogen and oxygen atoms in total. The van der Waals surface area contributed by atoms with Crippen molar-refractivity contribution >= 4 is 22.2 Å². The van der Waals surface area contributed by atoms with Crippen molar-refractivity contribution in [2.75, 3.05) is 0 Å². The molecule has 3 rings (SSSR count). The molecule has 1 aromatic carbocycles. The molecular formula is C14H14N2S. The fourth-order valence-electron chi connectivity index (χ4n) is 2.05. The zero-order chi connectivity index (χ0) is 11.8. The third-order valence-electron chi connectivity index (χ3n) is 2.90. The zero-order valence-corrected chi connectivity index (χ0v) is 10.8. The van der Waals surface area contributed by atoms with Crippen LogP contribution in [0.25, 0.3) is 10.9 Å². The van der Waals surface area contributed by atoms with Gasteiger partial charge in [-0.3, -0.25) is 0 Å². The molecule has 0 radical (unpaired) electrons. The Morgan fingerprint density at radius 1 is 1.24 bits per heavy atom. The molecule has 17 heavy (non-hydrogen) atoms. The van der Waals surface area contributed by atoms with Gasteiger partial charge < -0.3 is 4.57 Å². The number of aryl methyl sites for hydroxylation is 2. The van der Waals surface area contributed by atoms with Crippen LogP contribution in [0.3, 0.4) is 0 Å². The van der Waals surface area contributed by atoms with Gasteiger partial charge in [-0.25, -0.2) is 4.98 Å². The smallest absolute Gasteiger partial charge is 0.113 e. The van der Waals surface area contributed by atoms with Gasteiger partial charge in [-0.1, -0.05) is 12.1 Å². The van der Waals surface area contributed by atoms with Crippen molar-refractivity contribution in [3.63, 3.8) is 0 Å². The number of hydrogen-bond donors (Lipinski definition) is 0. The minimum atomic E-state index is 0.867. The van der Waals surface area contributed by atoms with Crippen LogP contribution >= 0.6 is 11.3 Å². The van der Waals surface area contributed by atoms with Crippen molar-refractivity contribution in [1.82, 2.24) is 9.55 Å². The predicted molar refractivity (Wildman–Crippen MR) is 72.6 cm³/mol. The van der Waals surface area contributed by atoms with Crippen LogP contribution in [0.2, 0.25) is 0 Å². The van der Waals surface area contributed by atoms with Gasteiger partial charge in [-0.05, 0) is 36.9 Å². The van der Waals surface area contributed by atoms with E-state index in [2.05, 4.69) is 52.3 Å². The van der Waals surface area contributed by atoms with Crippen LogP contribution in [0.1, 0.15) is 16.3 Å². The molecule has 2 heterocycles. The normalized spacial score (nSPS) is 11.2. The van der Waals surface area contributed by atoms with E-state index in [4.69, 9.17) is 0 Å². The van der Waals surface area contributed by atoms with Gasteiger partial charge in [0.05, 0.1) is 6.54 Å². The Labute approximate surface area is 105 Å². The Hall–Kier alpha value is -1.61. The van der Waals surface area contributed by atoms with Crippen molar-refractivity contribution in [3.05, 3.63) is 52.1 Å². The van der Waals surface area contributed by atoms with Gasteiger partial charge in [0.15, 0.2) is 0 Å². The molecular weight excluding hydrogens is 228 g/mol. The highest BCUT2D eigenvalue weighted by molar-refractivity contribution is 7.09. The van der Waals surface area contributed by atoms with Crippen molar-refractivity contribution in [1.29, 1.82) is 0 Å². The SMILES string of the molecule is Cc1ccc2ccn(Cc3nc(C)cs3)c2c1. The van der Waals surface area contributed by atoms with Crippen LogP contribution in [-0.4, -0.2) is 9.55 Å². The summed E-state index contributed by atoms with van der Waals surface area (Å²) in [7, 11) is 0. The third kappa shape index (κ3) is 1.98.